The average molecular weight is 235 g/mol. The zero-order valence-electron chi connectivity index (χ0n) is 9.60. The number of fused-ring (bicyclic) bond motifs is 1. The standard InChI is InChI=1S/C12H17N3S/c1-8(2)10(7-13)15-12-9-4-6-16-11(9)3-5-14-12/h3-6,8,10H,7,13H2,1-2H3,(H,14,15). The van der Waals surface area contributed by atoms with Crippen molar-refractivity contribution in [2.75, 3.05) is 11.9 Å². The topological polar surface area (TPSA) is 50.9 Å². The summed E-state index contributed by atoms with van der Waals surface area (Å²) in [7, 11) is 0. The minimum Gasteiger partial charge on any atom is -0.365 e. The van der Waals surface area contributed by atoms with Crippen LogP contribution in [0.25, 0.3) is 10.1 Å². The maximum absolute atomic E-state index is 5.75. The van der Waals surface area contributed by atoms with Crippen molar-refractivity contribution >= 4 is 27.2 Å². The van der Waals surface area contributed by atoms with E-state index in [0.29, 0.717) is 12.5 Å². The summed E-state index contributed by atoms with van der Waals surface area (Å²) < 4.78 is 1.26. The molecule has 0 fully saturated rings. The monoisotopic (exact) mass is 235 g/mol. The Kier molecular flexibility index (Phi) is 3.41. The first kappa shape index (κ1) is 11.4. The van der Waals surface area contributed by atoms with Crippen molar-refractivity contribution in [3.63, 3.8) is 0 Å². The van der Waals surface area contributed by atoms with Gasteiger partial charge in [-0.25, -0.2) is 4.98 Å². The number of pyridine rings is 1. The Morgan fingerprint density at radius 1 is 1.44 bits per heavy atom. The van der Waals surface area contributed by atoms with Crippen molar-refractivity contribution in [1.82, 2.24) is 4.98 Å². The van der Waals surface area contributed by atoms with Crippen molar-refractivity contribution in [2.24, 2.45) is 11.7 Å². The molecule has 1 unspecified atom stereocenters. The van der Waals surface area contributed by atoms with Crippen molar-refractivity contribution in [2.45, 2.75) is 19.9 Å². The summed E-state index contributed by atoms with van der Waals surface area (Å²) in [4.78, 5) is 4.39. The maximum atomic E-state index is 5.75. The molecule has 0 radical (unpaired) electrons. The normalized spacial score (nSPS) is 13.2. The SMILES string of the molecule is CC(C)C(CN)Nc1nccc2sccc12. The molecular formula is C12H17N3S. The number of thiophene rings is 1. The summed E-state index contributed by atoms with van der Waals surface area (Å²) in [6, 6.07) is 4.42. The fourth-order valence-electron chi connectivity index (χ4n) is 1.68. The second-order valence-electron chi connectivity index (χ2n) is 4.22. The highest BCUT2D eigenvalue weighted by molar-refractivity contribution is 7.17. The highest BCUT2D eigenvalue weighted by Gasteiger charge is 2.13. The van der Waals surface area contributed by atoms with Crippen LogP contribution in [0.15, 0.2) is 23.7 Å². The van der Waals surface area contributed by atoms with Gasteiger partial charge in [0.2, 0.25) is 0 Å². The lowest BCUT2D eigenvalue weighted by molar-refractivity contribution is 0.530. The smallest absolute Gasteiger partial charge is 0.134 e. The van der Waals surface area contributed by atoms with E-state index in [1.807, 2.05) is 12.3 Å². The van der Waals surface area contributed by atoms with Crippen molar-refractivity contribution < 1.29 is 0 Å². The van der Waals surface area contributed by atoms with Crippen LogP contribution in [-0.4, -0.2) is 17.6 Å². The first-order valence-electron chi connectivity index (χ1n) is 5.51. The van der Waals surface area contributed by atoms with Gasteiger partial charge >= 0.3 is 0 Å². The molecule has 3 nitrogen and oxygen atoms in total. The van der Waals surface area contributed by atoms with E-state index in [1.165, 1.54) is 10.1 Å². The van der Waals surface area contributed by atoms with Crippen LogP contribution in [0.3, 0.4) is 0 Å². The molecule has 0 amide bonds. The van der Waals surface area contributed by atoms with Gasteiger partial charge < -0.3 is 11.1 Å². The minimum atomic E-state index is 0.276. The highest BCUT2D eigenvalue weighted by atomic mass is 32.1. The molecule has 2 rings (SSSR count). The number of hydrogen-bond donors (Lipinski definition) is 2. The second-order valence-corrected chi connectivity index (χ2v) is 5.17. The summed E-state index contributed by atoms with van der Waals surface area (Å²) in [6.07, 6.45) is 1.84. The van der Waals surface area contributed by atoms with Gasteiger partial charge in [-0.15, -0.1) is 11.3 Å². The lowest BCUT2D eigenvalue weighted by Gasteiger charge is -2.21. The Bertz CT molecular complexity index is 464. The van der Waals surface area contributed by atoms with E-state index in [0.717, 1.165) is 5.82 Å². The summed E-state index contributed by atoms with van der Waals surface area (Å²) in [5.74, 6) is 1.45. The second kappa shape index (κ2) is 4.80. The van der Waals surface area contributed by atoms with Crippen LogP contribution in [0.4, 0.5) is 5.82 Å². The number of hydrogen-bond acceptors (Lipinski definition) is 4. The van der Waals surface area contributed by atoms with Gasteiger partial charge in [0.15, 0.2) is 0 Å². The molecule has 16 heavy (non-hydrogen) atoms. The summed E-state index contributed by atoms with van der Waals surface area (Å²) in [5, 5.41) is 6.70. The van der Waals surface area contributed by atoms with E-state index in [9.17, 15) is 0 Å². The molecule has 0 saturated carbocycles. The van der Waals surface area contributed by atoms with Gasteiger partial charge in [0.05, 0.1) is 0 Å². The molecule has 0 aromatic carbocycles. The summed E-state index contributed by atoms with van der Waals surface area (Å²) in [6.45, 7) is 4.95. The van der Waals surface area contributed by atoms with Crippen LogP contribution in [-0.2, 0) is 0 Å². The Morgan fingerprint density at radius 3 is 2.94 bits per heavy atom. The zero-order valence-corrected chi connectivity index (χ0v) is 10.4. The fraction of sp³-hybridized carbons (Fsp3) is 0.417. The molecule has 0 spiro atoms. The zero-order chi connectivity index (χ0) is 11.5. The van der Waals surface area contributed by atoms with Crippen LogP contribution in [0.5, 0.6) is 0 Å². The Labute approximate surface area is 99.7 Å². The van der Waals surface area contributed by atoms with Gasteiger partial charge in [-0.2, -0.15) is 0 Å². The molecule has 0 bridgehead atoms. The first-order valence-corrected chi connectivity index (χ1v) is 6.39. The van der Waals surface area contributed by atoms with Gasteiger partial charge in [-0.05, 0) is 23.4 Å². The van der Waals surface area contributed by atoms with Crippen LogP contribution in [0.1, 0.15) is 13.8 Å². The van der Waals surface area contributed by atoms with E-state index in [4.69, 9.17) is 5.73 Å². The van der Waals surface area contributed by atoms with Gasteiger partial charge in [0.25, 0.3) is 0 Å². The van der Waals surface area contributed by atoms with Crippen LogP contribution >= 0.6 is 11.3 Å². The maximum Gasteiger partial charge on any atom is 0.134 e. The third-order valence-electron chi connectivity index (χ3n) is 2.76. The molecule has 0 aliphatic rings. The molecule has 2 aromatic rings. The Hall–Kier alpha value is -1.13. The van der Waals surface area contributed by atoms with Crippen LogP contribution in [0, 0.1) is 5.92 Å². The minimum absolute atomic E-state index is 0.276. The molecule has 1 atom stereocenters. The number of nitrogens with two attached hydrogens (primary N) is 1. The number of rotatable bonds is 4. The molecule has 0 saturated heterocycles. The van der Waals surface area contributed by atoms with E-state index >= 15 is 0 Å². The van der Waals surface area contributed by atoms with Crippen molar-refractivity contribution in [3.05, 3.63) is 23.7 Å². The molecule has 4 heteroatoms. The van der Waals surface area contributed by atoms with Crippen LogP contribution in [0.2, 0.25) is 0 Å². The summed E-state index contributed by atoms with van der Waals surface area (Å²) in [5.41, 5.74) is 5.75. The Morgan fingerprint density at radius 2 is 2.25 bits per heavy atom. The molecule has 0 aliphatic carbocycles. The van der Waals surface area contributed by atoms with E-state index in [2.05, 4.69) is 35.6 Å². The molecule has 2 aromatic heterocycles. The molecule has 86 valence electrons. The lowest BCUT2D eigenvalue weighted by atomic mass is 10.0. The van der Waals surface area contributed by atoms with Crippen molar-refractivity contribution in [1.29, 1.82) is 0 Å². The Balaban J connectivity index is 2.29. The molecule has 2 heterocycles. The van der Waals surface area contributed by atoms with E-state index in [-0.39, 0.29) is 6.04 Å². The number of nitrogens with one attached hydrogen (secondary N) is 1. The average Bonchev–Trinajstić information content (AvgIpc) is 2.73. The van der Waals surface area contributed by atoms with Gasteiger partial charge in [-0.1, -0.05) is 13.8 Å². The van der Waals surface area contributed by atoms with Gasteiger partial charge in [0, 0.05) is 28.9 Å². The predicted octanol–water partition coefficient (Wildman–Crippen LogP) is 2.69. The number of nitrogens with zero attached hydrogens (tertiary/aromatic N) is 1. The molecule has 0 aliphatic heterocycles. The number of anilines is 1. The first-order chi connectivity index (χ1) is 7.72. The third-order valence-corrected chi connectivity index (χ3v) is 3.64. The third kappa shape index (κ3) is 2.18. The van der Waals surface area contributed by atoms with E-state index in [1.54, 1.807) is 11.3 Å². The van der Waals surface area contributed by atoms with Crippen LogP contribution < -0.4 is 11.1 Å². The van der Waals surface area contributed by atoms with E-state index < -0.39 is 0 Å². The van der Waals surface area contributed by atoms with Crippen molar-refractivity contribution in [3.8, 4) is 0 Å². The number of aromatic nitrogens is 1. The van der Waals surface area contributed by atoms with Gasteiger partial charge in [0.1, 0.15) is 5.82 Å². The fourth-order valence-corrected chi connectivity index (χ4v) is 2.46. The lowest BCUT2D eigenvalue weighted by Crippen LogP contribution is -2.34. The predicted molar refractivity (Wildman–Crippen MR) is 70.9 cm³/mol. The largest absolute Gasteiger partial charge is 0.365 e. The highest BCUT2D eigenvalue weighted by Crippen LogP contribution is 2.26. The quantitative estimate of drug-likeness (QED) is 0.856. The molecular weight excluding hydrogens is 218 g/mol. The molecule has 3 N–H and O–H groups in total. The summed E-state index contributed by atoms with van der Waals surface area (Å²) >= 11 is 1.73. The van der Waals surface area contributed by atoms with Gasteiger partial charge in [-0.3, -0.25) is 0 Å².